The third-order valence-corrected chi connectivity index (χ3v) is 10.3. The molecule has 53 heavy (non-hydrogen) atoms. The molecule has 2 saturated heterocycles. The number of rotatable bonds is 6. The van der Waals surface area contributed by atoms with Crippen LogP contribution in [0.3, 0.4) is 0 Å². The summed E-state index contributed by atoms with van der Waals surface area (Å²) in [6.07, 6.45) is -1.00. The zero-order valence-electron chi connectivity index (χ0n) is 28.7. The molecule has 2 heterocycles. The molecular weight excluding hydrogens is 668 g/mol. The fourth-order valence-electron chi connectivity index (χ4n) is 7.82. The smallest absolute Gasteiger partial charge is 0.342 e. The molecule has 0 aromatic heterocycles. The molecule has 0 aliphatic carbocycles. The quantitative estimate of drug-likeness (QED) is 0.0961. The van der Waals surface area contributed by atoms with E-state index in [0.29, 0.717) is 22.9 Å². The van der Waals surface area contributed by atoms with Crippen LogP contribution in [0.15, 0.2) is 115 Å². The van der Waals surface area contributed by atoms with Gasteiger partial charge in [0.25, 0.3) is 0 Å². The highest BCUT2D eigenvalue weighted by Crippen LogP contribution is 2.42. The van der Waals surface area contributed by atoms with Gasteiger partial charge in [0.05, 0.1) is 24.0 Å². The van der Waals surface area contributed by atoms with E-state index in [9.17, 15) is 19.2 Å². The van der Waals surface area contributed by atoms with E-state index < -0.39 is 24.3 Å². The Bertz CT molecular complexity index is 2680. The summed E-state index contributed by atoms with van der Waals surface area (Å²) in [4.78, 5) is 51.3. The van der Waals surface area contributed by atoms with E-state index in [2.05, 4.69) is 24.3 Å². The van der Waals surface area contributed by atoms with E-state index in [1.165, 1.54) is 0 Å². The first-order chi connectivity index (χ1) is 25.8. The molecule has 2 aliphatic rings. The van der Waals surface area contributed by atoms with E-state index in [-0.39, 0.29) is 31.4 Å². The molecule has 0 amide bonds. The molecule has 7 aromatic carbocycles. The van der Waals surface area contributed by atoms with Crippen molar-refractivity contribution in [3.8, 4) is 22.3 Å². The standard InChI is InChI=1S/C45H32O8/c1-25-30-11-5-6-12-31(30)42(44(48)51-29-23-39(47)50-24-29)34-17-15-27(21-36(25)34)28-16-18-35-37(22-28)41(26-9-3-2-4-10-26)32-13-7-8-14-33(32)43(35)45(49)53-40-20-19-38(46)52-40/h2-18,21-22,29,40H,19-20,23-24H2,1H3. The second-order valence-electron chi connectivity index (χ2n) is 13.5. The van der Waals surface area contributed by atoms with Crippen LogP contribution in [0.25, 0.3) is 65.3 Å². The van der Waals surface area contributed by atoms with Crippen molar-refractivity contribution in [3.05, 3.63) is 132 Å². The number of hydrogen-bond donors (Lipinski definition) is 0. The number of hydrogen-bond acceptors (Lipinski definition) is 8. The number of ether oxygens (including phenoxy) is 4. The van der Waals surface area contributed by atoms with E-state index in [1.54, 1.807) is 0 Å². The first kappa shape index (κ1) is 32.4. The first-order valence-corrected chi connectivity index (χ1v) is 17.6. The molecule has 2 fully saturated rings. The van der Waals surface area contributed by atoms with Gasteiger partial charge in [-0.05, 0) is 90.0 Å². The Morgan fingerprint density at radius 1 is 0.585 bits per heavy atom. The van der Waals surface area contributed by atoms with Gasteiger partial charge in [-0.1, -0.05) is 103 Å². The number of carbonyl (C=O) groups is 4. The summed E-state index contributed by atoms with van der Waals surface area (Å²) in [7, 11) is 0. The van der Waals surface area contributed by atoms with Gasteiger partial charge in [0.15, 0.2) is 0 Å². The van der Waals surface area contributed by atoms with Crippen molar-refractivity contribution in [1.29, 1.82) is 0 Å². The van der Waals surface area contributed by atoms with Gasteiger partial charge in [0, 0.05) is 6.42 Å². The van der Waals surface area contributed by atoms with Gasteiger partial charge in [0.1, 0.15) is 12.7 Å². The maximum absolute atomic E-state index is 14.0. The maximum Gasteiger partial charge on any atom is 0.342 e. The lowest BCUT2D eigenvalue weighted by molar-refractivity contribution is -0.154. The van der Waals surface area contributed by atoms with Crippen LogP contribution in [-0.4, -0.2) is 42.9 Å². The van der Waals surface area contributed by atoms with Crippen molar-refractivity contribution in [2.45, 2.75) is 38.6 Å². The molecule has 8 heteroatoms. The van der Waals surface area contributed by atoms with Gasteiger partial charge in [-0.15, -0.1) is 0 Å². The van der Waals surface area contributed by atoms with Crippen molar-refractivity contribution in [2.24, 2.45) is 0 Å². The zero-order valence-corrected chi connectivity index (χ0v) is 28.7. The van der Waals surface area contributed by atoms with Gasteiger partial charge in [0.2, 0.25) is 6.29 Å². The van der Waals surface area contributed by atoms with Gasteiger partial charge in [-0.2, -0.15) is 0 Å². The average Bonchev–Trinajstić information content (AvgIpc) is 3.79. The molecule has 7 aromatic rings. The molecule has 0 radical (unpaired) electrons. The summed E-state index contributed by atoms with van der Waals surface area (Å²) in [5.74, 6) is -1.82. The third-order valence-electron chi connectivity index (χ3n) is 10.3. The molecule has 0 bridgehead atoms. The van der Waals surface area contributed by atoms with Crippen molar-refractivity contribution >= 4 is 67.0 Å². The summed E-state index contributed by atoms with van der Waals surface area (Å²) in [5, 5.41) is 6.53. The molecule has 260 valence electrons. The van der Waals surface area contributed by atoms with Crippen molar-refractivity contribution in [3.63, 3.8) is 0 Å². The van der Waals surface area contributed by atoms with Crippen LogP contribution in [0.5, 0.6) is 0 Å². The van der Waals surface area contributed by atoms with Crippen LogP contribution in [0, 0.1) is 6.92 Å². The Morgan fingerprint density at radius 2 is 1.15 bits per heavy atom. The Kier molecular flexibility index (Phi) is 7.88. The summed E-state index contributed by atoms with van der Waals surface area (Å²) in [6, 6.07) is 37.7. The largest absolute Gasteiger partial charge is 0.462 e. The number of carbonyl (C=O) groups excluding carboxylic acids is 4. The molecular formula is C45H32O8. The van der Waals surface area contributed by atoms with Crippen LogP contribution >= 0.6 is 0 Å². The highest BCUT2D eigenvalue weighted by molar-refractivity contribution is 6.24. The van der Waals surface area contributed by atoms with Gasteiger partial charge < -0.3 is 18.9 Å². The Morgan fingerprint density at radius 3 is 1.79 bits per heavy atom. The monoisotopic (exact) mass is 700 g/mol. The fourth-order valence-corrected chi connectivity index (χ4v) is 7.82. The molecule has 0 saturated carbocycles. The number of fused-ring (bicyclic) bond motifs is 4. The second-order valence-corrected chi connectivity index (χ2v) is 13.5. The highest BCUT2D eigenvalue weighted by atomic mass is 16.7. The predicted molar refractivity (Wildman–Crippen MR) is 201 cm³/mol. The van der Waals surface area contributed by atoms with Gasteiger partial charge in [-0.3, -0.25) is 9.59 Å². The van der Waals surface area contributed by atoms with Crippen LogP contribution in [0.1, 0.15) is 45.5 Å². The van der Waals surface area contributed by atoms with Crippen LogP contribution in [0.2, 0.25) is 0 Å². The Hall–Kier alpha value is -6.54. The summed E-state index contributed by atoms with van der Waals surface area (Å²) < 4.78 is 21.9. The normalized spacial score (nSPS) is 17.0. The molecule has 2 unspecified atom stereocenters. The van der Waals surface area contributed by atoms with Gasteiger partial charge >= 0.3 is 23.9 Å². The van der Waals surface area contributed by atoms with E-state index >= 15 is 0 Å². The molecule has 9 rings (SSSR count). The molecule has 8 nitrogen and oxygen atoms in total. The highest BCUT2D eigenvalue weighted by Gasteiger charge is 2.31. The minimum absolute atomic E-state index is 0.0350. The maximum atomic E-state index is 14.0. The zero-order chi connectivity index (χ0) is 36.2. The SMILES string of the molecule is Cc1c2ccccc2c(C(=O)OC2COC(=O)C2)c2ccc(-c3ccc4c(C(=O)OC5CCC(=O)O5)c5ccccc5c(-c5ccccc5)c4c3)cc12. The second kappa shape index (κ2) is 12.9. The van der Waals surface area contributed by atoms with Crippen molar-refractivity contribution in [1.82, 2.24) is 0 Å². The lowest BCUT2D eigenvalue weighted by Crippen LogP contribution is -2.19. The van der Waals surface area contributed by atoms with E-state index in [4.69, 9.17) is 18.9 Å². The van der Waals surface area contributed by atoms with Crippen LogP contribution in [-0.2, 0) is 28.5 Å². The lowest BCUT2D eigenvalue weighted by Gasteiger charge is -2.19. The van der Waals surface area contributed by atoms with Crippen LogP contribution < -0.4 is 0 Å². The van der Waals surface area contributed by atoms with Crippen molar-refractivity contribution < 1.29 is 38.1 Å². The minimum Gasteiger partial charge on any atom is -0.462 e. The minimum atomic E-state index is -0.926. The predicted octanol–water partition coefficient (Wildman–Crippen LogP) is 9.23. The summed E-state index contributed by atoms with van der Waals surface area (Å²) >= 11 is 0. The summed E-state index contributed by atoms with van der Waals surface area (Å²) in [5.41, 5.74) is 5.67. The first-order valence-electron chi connectivity index (χ1n) is 17.6. The van der Waals surface area contributed by atoms with E-state index in [0.717, 1.165) is 65.5 Å². The molecule has 2 atom stereocenters. The number of esters is 4. The topological polar surface area (TPSA) is 105 Å². The lowest BCUT2D eigenvalue weighted by atomic mass is 9.86. The molecule has 0 spiro atoms. The fraction of sp³-hybridized carbons (Fsp3) is 0.156. The number of cyclic esters (lactones) is 2. The average molecular weight is 701 g/mol. The number of benzene rings is 7. The van der Waals surface area contributed by atoms with Crippen LogP contribution in [0.4, 0.5) is 0 Å². The Labute approximate surface area is 303 Å². The molecule has 0 N–H and O–H groups in total. The summed E-state index contributed by atoms with van der Waals surface area (Å²) in [6.45, 7) is 2.10. The molecule has 2 aliphatic heterocycles. The van der Waals surface area contributed by atoms with Gasteiger partial charge in [-0.25, -0.2) is 9.59 Å². The number of aryl methyl sites for hydroxylation is 1. The Balaban J connectivity index is 1.23. The third kappa shape index (κ3) is 5.63. The van der Waals surface area contributed by atoms with Crippen molar-refractivity contribution in [2.75, 3.05) is 6.61 Å². The van der Waals surface area contributed by atoms with E-state index in [1.807, 2.05) is 97.9 Å².